The monoisotopic (exact) mass is 340 g/mol. The largest absolute Gasteiger partial charge is 0.396 e. The molecule has 1 nitrogen and oxygen atoms in total. The molecule has 1 N–H and O–H groups in total. The predicted molar refractivity (Wildman–Crippen MR) is 105 cm³/mol. The van der Waals surface area contributed by atoms with Crippen molar-refractivity contribution in [1.82, 2.24) is 0 Å². The Bertz CT molecular complexity index is 617. The van der Waals surface area contributed by atoms with E-state index in [0.717, 1.165) is 23.7 Å². The van der Waals surface area contributed by atoms with Crippen LogP contribution in [0.3, 0.4) is 0 Å². The normalized spacial score (nSPS) is 38.9. The first-order chi connectivity index (χ1) is 12.2. The Labute approximate surface area is 154 Å². The zero-order valence-corrected chi connectivity index (χ0v) is 16.4. The Kier molecular flexibility index (Phi) is 4.73. The molecule has 4 aliphatic rings. The van der Waals surface area contributed by atoms with Gasteiger partial charge in [-0.1, -0.05) is 39.0 Å². The highest BCUT2D eigenvalue weighted by Gasteiger charge is 2.54. The topological polar surface area (TPSA) is 20.2 Å². The van der Waals surface area contributed by atoms with Gasteiger partial charge in [-0.05, 0) is 103 Å². The van der Waals surface area contributed by atoms with Gasteiger partial charge in [0.25, 0.3) is 0 Å². The van der Waals surface area contributed by atoms with Gasteiger partial charge in [-0.15, -0.1) is 0 Å². The molecule has 1 heteroatoms. The van der Waals surface area contributed by atoms with Gasteiger partial charge >= 0.3 is 0 Å². The number of aliphatic hydroxyl groups is 1. The third-order valence-corrected chi connectivity index (χ3v) is 8.22. The van der Waals surface area contributed by atoms with Gasteiger partial charge in [-0.2, -0.15) is 0 Å². The fraction of sp³-hybridized carbons (Fsp3) is 0.750. The van der Waals surface area contributed by atoms with Crippen LogP contribution in [-0.4, -0.2) is 11.7 Å². The lowest BCUT2D eigenvalue weighted by molar-refractivity contribution is 0.00957. The average molecular weight is 341 g/mol. The van der Waals surface area contributed by atoms with Crippen molar-refractivity contribution in [2.24, 2.45) is 23.2 Å². The second-order valence-corrected chi connectivity index (χ2v) is 9.15. The van der Waals surface area contributed by atoms with Gasteiger partial charge in [0.15, 0.2) is 0 Å². The van der Waals surface area contributed by atoms with Crippen LogP contribution in [0.4, 0.5) is 0 Å². The van der Waals surface area contributed by atoms with E-state index in [-0.39, 0.29) is 0 Å². The Morgan fingerprint density at radius 2 is 1.84 bits per heavy atom. The van der Waals surface area contributed by atoms with Crippen LogP contribution in [0.25, 0.3) is 0 Å². The summed E-state index contributed by atoms with van der Waals surface area (Å²) in [5, 5.41) is 9.81. The maximum absolute atomic E-state index is 9.81. The lowest BCUT2D eigenvalue weighted by atomic mass is 9.54. The molecule has 4 aliphatic carbocycles. The summed E-state index contributed by atoms with van der Waals surface area (Å²) in [5.74, 6) is 3.99. The summed E-state index contributed by atoms with van der Waals surface area (Å²) in [4.78, 5) is 0. The highest BCUT2D eigenvalue weighted by Crippen LogP contribution is 2.62. The van der Waals surface area contributed by atoms with E-state index in [4.69, 9.17) is 0 Å². The molecule has 25 heavy (non-hydrogen) atoms. The van der Waals surface area contributed by atoms with Crippen molar-refractivity contribution in [3.05, 3.63) is 34.9 Å². The summed E-state index contributed by atoms with van der Waals surface area (Å²) < 4.78 is 0. The molecule has 0 bridgehead atoms. The summed E-state index contributed by atoms with van der Waals surface area (Å²) >= 11 is 0. The van der Waals surface area contributed by atoms with Crippen molar-refractivity contribution in [2.45, 2.75) is 84.0 Å². The van der Waals surface area contributed by atoms with E-state index >= 15 is 0 Å². The second-order valence-electron chi connectivity index (χ2n) is 9.15. The zero-order chi connectivity index (χ0) is 17.6. The fourth-order valence-corrected chi connectivity index (χ4v) is 6.68. The lowest BCUT2D eigenvalue weighted by Crippen LogP contribution is -2.43. The molecule has 5 unspecified atom stereocenters. The van der Waals surface area contributed by atoms with Crippen molar-refractivity contribution in [1.29, 1.82) is 0 Å². The third-order valence-electron chi connectivity index (χ3n) is 8.22. The molecule has 0 aromatic heterocycles. The van der Waals surface area contributed by atoms with E-state index < -0.39 is 0 Å². The van der Waals surface area contributed by atoms with Crippen molar-refractivity contribution < 1.29 is 5.11 Å². The van der Waals surface area contributed by atoms with Crippen LogP contribution in [0.15, 0.2) is 18.2 Å². The van der Waals surface area contributed by atoms with E-state index in [0.29, 0.717) is 17.9 Å². The molecular formula is C24H36O. The van der Waals surface area contributed by atoms with E-state index in [2.05, 4.69) is 25.1 Å². The van der Waals surface area contributed by atoms with Crippen molar-refractivity contribution in [3.63, 3.8) is 0 Å². The molecule has 0 spiro atoms. The van der Waals surface area contributed by atoms with Gasteiger partial charge in [0, 0.05) is 6.61 Å². The lowest BCUT2D eigenvalue weighted by Gasteiger charge is -2.51. The summed E-state index contributed by atoms with van der Waals surface area (Å²) in [7, 11) is 0. The quantitative estimate of drug-likeness (QED) is 0.694. The number of aliphatic hydroxyl groups excluding tert-OH is 1. The molecule has 0 aliphatic heterocycles. The van der Waals surface area contributed by atoms with Gasteiger partial charge in [-0.25, -0.2) is 0 Å². The minimum atomic E-state index is 0.408. The summed E-state index contributed by atoms with van der Waals surface area (Å²) in [5.41, 5.74) is 5.40. The van der Waals surface area contributed by atoms with Crippen LogP contribution >= 0.6 is 0 Å². The molecule has 0 saturated heterocycles. The molecule has 138 valence electrons. The number of fused-ring (bicyclic) bond motifs is 5. The van der Waals surface area contributed by atoms with E-state index in [9.17, 15) is 5.11 Å². The molecule has 0 amide bonds. The average Bonchev–Trinajstić information content (AvgIpc) is 3.44. The van der Waals surface area contributed by atoms with Crippen LogP contribution in [0.5, 0.6) is 0 Å². The Morgan fingerprint density at radius 1 is 1.04 bits per heavy atom. The molecular weight excluding hydrogens is 304 g/mol. The molecule has 3 saturated carbocycles. The molecule has 0 radical (unpaired) electrons. The smallest absolute Gasteiger partial charge is 0.0464 e. The number of hydrogen-bond donors (Lipinski definition) is 1. The fourth-order valence-electron chi connectivity index (χ4n) is 6.68. The molecule has 5 rings (SSSR count). The summed E-state index contributed by atoms with van der Waals surface area (Å²) in [6.45, 7) is 6.90. The minimum absolute atomic E-state index is 0.408. The zero-order valence-electron chi connectivity index (χ0n) is 16.4. The molecule has 1 aromatic rings. The Hall–Kier alpha value is -0.820. The van der Waals surface area contributed by atoms with Gasteiger partial charge < -0.3 is 5.11 Å². The number of hydrogen-bond acceptors (Lipinski definition) is 1. The van der Waals surface area contributed by atoms with Crippen LogP contribution in [0, 0.1) is 23.2 Å². The first-order valence-electron chi connectivity index (χ1n) is 10.9. The van der Waals surface area contributed by atoms with E-state index in [1.165, 1.54) is 51.4 Å². The Balaban J connectivity index is 0.000000758. The molecule has 3 fully saturated rings. The molecule has 1 aromatic carbocycles. The molecule has 5 atom stereocenters. The Morgan fingerprint density at radius 3 is 2.56 bits per heavy atom. The highest BCUT2D eigenvalue weighted by molar-refractivity contribution is 5.40. The van der Waals surface area contributed by atoms with Crippen LogP contribution in [-0.2, 0) is 6.42 Å². The maximum atomic E-state index is 9.81. The standard InChI is InChI=1S/C22H30O.C2H6/c1-22-11-10-19-18-7-4-15(14-2-3-14)12-16(18)5-8-20(19)21(22)9-6-17(22)13-23;1-2/h4,7,12,14,17,19-21,23H,2-3,5-6,8-11,13H2,1H3;1-2H3. The predicted octanol–water partition coefficient (Wildman–Crippen LogP) is 6.05. The summed E-state index contributed by atoms with van der Waals surface area (Å²) in [6, 6.07) is 7.50. The van der Waals surface area contributed by atoms with Crippen molar-refractivity contribution in [3.8, 4) is 0 Å². The number of aryl methyl sites for hydroxylation is 1. The third kappa shape index (κ3) is 2.78. The van der Waals surface area contributed by atoms with Gasteiger partial charge in [0.1, 0.15) is 0 Å². The van der Waals surface area contributed by atoms with E-state index in [1.807, 2.05) is 13.8 Å². The molecule has 0 heterocycles. The SMILES string of the molecule is CC.CC12CCC3c4ccc(C5CC5)cc4CCC3C1CCC2CO. The van der Waals surface area contributed by atoms with Gasteiger partial charge in [0.2, 0.25) is 0 Å². The first-order valence-corrected chi connectivity index (χ1v) is 10.9. The summed E-state index contributed by atoms with van der Waals surface area (Å²) in [6.07, 6.45) is 10.8. The van der Waals surface area contributed by atoms with E-state index in [1.54, 1.807) is 16.7 Å². The van der Waals surface area contributed by atoms with Crippen LogP contribution < -0.4 is 0 Å². The number of benzene rings is 1. The van der Waals surface area contributed by atoms with Crippen molar-refractivity contribution in [2.75, 3.05) is 6.61 Å². The van der Waals surface area contributed by atoms with Gasteiger partial charge in [0.05, 0.1) is 0 Å². The second kappa shape index (κ2) is 6.72. The van der Waals surface area contributed by atoms with Gasteiger partial charge in [-0.3, -0.25) is 0 Å². The minimum Gasteiger partial charge on any atom is -0.396 e. The van der Waals surface area contributed by atoms with Crippen molar-refractivity contribution >= 4 is 0 Å². The first kappa shape index (κ1) is 17.6. The number of rotatable bonds is 2. The maximum Gasteiger partial charge on any atom is 0.0464 e. The van der Waals surface area contributed by atoms with Crippen LogP contribution in [0.2, 0.25) is 0 Å². The van der Waals surface area contributed by atoms with Crippen LogP contribution in [0.1, 0.15) is 94.2 Å². The highest BCUT2D eigenvalue weighted by atomic mass is 16.3.